The van der Waals surface area contributed by atoms with Crippen molar-refractivity contribution in [2.75, 3.05) is 11.9 Å². The Labute approximate surface area is 122 Å². The average molecular weight is 287 g/mol. The number of hydrogen-bond acceptors (Lipinski definition) is 4. The monoisotopic (exact) mass is 287 g/mol. The van der Waals surface area contributed by atoms with E-state index in [1.54, 1.807) is 42.1 Å². The molecule has 0 bridgehead atoms. The SMILES string of the molecule is CC(=O)c1cccc(OCC(=O)Nc2cc(C)nn2C)c1. The van der Waals surface area contributed by atoms with E-state index in [1.165, 1.54) is 6.92 Å². The van der Waals surface area contributed by atoms with Gasteiger partial charge < -0.3 is 10.1 Å². The summed E-state index contributed by atoms with van der Waals surface area (Å²) in [5.74, 6) is 0.763. The van der Waals surface area contributed by atoms with E-state index in [0.29, 0.717) is 17.1 Å². The highest BCUT2D eigenvalue weighted by atomic mass is 16.5. The molecule has 0 aliphatic carbocycles. The Balaban J connectivity index is 1.93. The smallest absolute Gasteiger partial charge is 0.263 e. The summed E-state index contributed by atoms with van der Waals surface area (Å²) < 4.78 is 6.97. The number of carbonyl (C=O) groups excluding carboxylic acids is 2. The Kier molecular flexibility index (Phi) is 4.37. The maximum atomic E-state index is 11.8. The van der Waals surface area contributed by atoms with Crippen molar-refractivity contribution in [1.29, 1.82) is 0 Å². The molecule has 2 rings (SSSR count). The summed E-state index contributed by atoms with van der Waals surface area (Å²) in [5.41, 5.74) is 1.37. The number of carbonyl (C=O) groups is 2. The van der Waals surface area contributed by atoms with Gasteiger partial charge in [0.25, 0.3) is 5.91 Å². The topological polar surface area (TPSA) is 73.2 Å². The second-order valence-corrected chi connectivity index (χ2v) is 4.72. The molecule has 0 radical (unpaired) electrons. The third-order valence-corrected chi connectivity index (χ3v) is 2.88. The Morgan fingerprint density at radius 1 is 1.33 bits per heavy atom. The molecule has 1 heterocycles. The van der Waals surface area contributed by atoms with Crippen molar-refractivity contribution in [3.8, 4) is 5.75 Å². The molecule has 0 saturated heterocycles. The van der Waals surface area contributed by atoms with Crippen LogP contribution in [0.15, 0.2) is 30.3 Å². The number of nitrogens with one attached hydrogen (secondary N) is 1. The summed E-state index contributed by atoms with van der Waals surface area (Å²) in [5, 5.41) is 6.85. The van der Waals surface area contributed by atoms with Gasteiger partial charge in [-0.3, -0.25) is 14.3 Å². The Morgan fingerprint density at radius 3 is 2.71 bits per heavy atom. The van der Waals surface area contributed by atoms with Crippen molar-refractivity contribution in [3.63, 3.8) is 0 Å². The highest BCUT2D eigenvalue weighted by molar-refractivity contribution is 5.94. The Hall–Kier alpha value is -2.63. The minimum Gasteiger partial charge on any atom is -0.484 e. The maximum absolute atomic E-state index is 11.8. The number of rotatable bonds is 5. The molecular formula is C15H17N3O3. The van der Waals surface area contributed by atoms with Crippen molar-refractivity contribution in [1.82, 2.24) is 9.78 Å². The van der Waals surface area contributed by atoms with E-state index in [4.69, 9.17) is 4.74 Å². The molecule has 6 heteroatoms. The standard InChI is InChI=1S/C15H17N3O3/c1-10-7-14(18(3)17-10)16-15(20)9-21-13-6-4-5-12(8-13)11(2)19/h4-8H,9H2,1-3H3,(H,16,20). The van der Waals surface area contributed by atoms with Crippen molar-refractivity contribution in [2.45, 2.75) is 13.8 Å². The minimum absolute atomic E-state index is 0.0461. The summed E-state index contributed by atoms with van der Waals surface area (Å²) >= 11 is 0. The van der Waals surface area contributed by atoms with Gasteiger partial charge in [0.1, 0.15) is 11.6 Å². The number of benzene rings is 1. The molecular weight excluding hydrogens is 270 g/mol. The van der Waals surface area contributed by atoms with Gasteiger partial charge in [-0.1, -0.05) is 12.1 Å². The molecule has 21 heavy (non-hydrogen) atoms. The highest BCUT2D eigenvalue weighted by Crippen LogP contribution is 2.14. The van der Waals surface area contributed by atoms with Crippen LogP contribution in [-0.2, 0) is 11.8 Å². The molecule has 0 saturated carbocycles. The lowest BCUT2D eigenvalue weighted by Gasteiger charge is -2.08. The average Bonchev–Trinajstić information content (AvgIpc) is 2.75. The van der Waals surface area contributed by atoms with Crippen LogP contribution in [0.4, 0.5) is 5.82 Å². The minimum atomic E-state index is -0.286. The third kappa shape index (κ3) is 3.92. The molecule has 0 aliphatic rings. The quantitative estimate of drug-likeness (QED) is 0.853. The van der Waals surface area contributed by atoms with Crippen LogP contribution in [0.1, 0.15) is 23.0 Å². The molecule has 1 aromatic carbocycles. The number of ketones is 1. The van der Waals surface area contributed by atoms with Crippen LogP contribution in [0, 0.1) is 6.92 Å². The first-order chi connectivity index (χ1) is 9.95. The Bertz CT molecular complexity index is 677. The first-order valence-corrected chi connectivity index (χ1v) is 6.50. The first-order valence-electron chi connectivity index (χ1n) is 6.50. The second kappa shape index (κ2) is 6.21. The van der Waals surface area contributed by atoms with E-state index in [0.717, 1.165) is 5.69 Å². The molecule has 0 spiro atoms. The van der Waals surface area contributed by atoms with Gasteiger partial charge in [-0.25, -0.2) is 0 Å². The predicted molar refractivity (Wildman–Crippen MR) is 78.5 cm³/mol. The normalized spacial score (nSPS) is 10.2. The zero-order valence-corrected chi connectivity index (χ0v) is 12.2. The van der Waals surface area contributed by atoms with Gasteiger partial charge in [0.15, 0.2) is 12.4 Å². The summed E-state index contributed by atoms with van der Waals surface area (Å²) in [6.45, 7) is 3.20. The molecule has 2 aromatic rings. The van der Waals surface area contributed by atoms with Crippen molar-refractivity contribution in [2.24, 2.45) is 7.05 Å². The van der Waals surface area contributed by atoms with Crippen LogP contribution in [0.2, 0.25) is 0 Å². The Morgan fingerprint density at radius 2 is 2.10 bits per heavy atom. The lowest BCUT2D eigenvalue weighted by atomic mass is 10.1. The molecule has 0 atom stereocenters. The van der Waals surface area contributed by atoms with Crippen LogP contribution in [0.5, 0.6) is 5.75 Å². The van der Waals surface area contributed by atoms with Gasteiger partial charge in [0, 0.05) is 18.7 Å². The van der Waals surface area contributed by atoms with Crippen LogP contribution in [0.3, 0.4) is 0 Å². The van der Waals surface area contributed by atoms with Crippen LogP contribution in [-0.4, -0.2) is 28.1 Å². The van der Waals surface area contributed by atoms with E-state index in [2.05, 4.69) is 10.4 Å². The summed E-state index contributed by atoms with van der Waals surface area (Å²) in [6, 6.07) is 8.51. The van der Waals surface area contributed by atoms with Crippen LogP contribution >= 0.6 is 0 Å². The fourth-order valence-electron chi connectivity index (χ4n) is 1.86. The molecule has 1 N–H and O–H groups in total. The van der Waals surface area contributed by atoms with Crippen molar-refractivity contribution in [3.05, 3.63) is 41.6 Å². The zero-order valence-electron chi connectivity index (χ0n) is 12.2. The number of ether oxygens (including phenoxy) is 1. The molecule has 0 fully saturated rings. The second-order valence-electron chi connectivity index (χ2n) is 4.72. The first kappa shape index (κ1) is 14.8. The lowest BCUT2D eigenvalue weighted by Crippen LogP contribution is -2.21. The number of amides is 1. The number of aryl methyl sites for hydroxylation is 2. The number of nitrogens with zero attached hydrogens (tertiary/aromatic N) is 2. The van der Waals surface area contributed by atoms with Crippen molar-refractivity contribution < 1.29 is 14.3 Å². The van der Waals surface area contributed by atoms with Crippen LogP contribution < -0.4 is 10.1 Å². The molecule has 1 amide bonds. The number of anilines is 1. The van der Waals surface area contributed by atoms with Gasteiger partial charge >= 0.3 is 0 Å². The van der Waals surface area contributed by atoms with E-state index < -0.39 is 0 Å². The zero-order chi connectivity index (χ0) is 15.4. The number of hydrogen-bond donors (Lipinski definition) is 1. The van der Waals surface area contributed by atoms with Gasteiger partial charge in [-0.15, -0.1) is 0 Å². The highest BCUT2D eigenvalue weighted by Gasteiger charge is 2.08. The summed E-state index contributed by atoms with van der Waals surface area (Å²) in [4.78, 5) is 23.1. The van der Waals surface area contributed by atoms with Gasteiger partial charge in [0.2, 0.25) is 0 Å². The molecule has 0 aliphatic heterocycles. The van der Waals surface area contributed by atoms with E-state index >= 15 is 0 Å². The lowest BCUT2D eigenvalue weighted by molar-refractivity contribution is -0.118. The van der Waals surface area contributed by atoms with E-state index in [1.807, 2.05) is 6.92 Å². The maximum Gasteiger partial charge on any atom is 0.263 e. The van der Waals surface area contributed by atoms with Gasteiger partial charge in [-0.05, 0) is 26.0 Å². The third-order valence-electron chi connectivity index (χ3n) is 2.88. The fraction of sp³-hybridized carbons (Fsp3) is 0.267. The number of aromatic nitrogens is 2. The van der Waals surface area contributed by atoms with E-state index in [9.17, 15) is 9.59 Å². The van der Waals surface area contributed by atoms with Gasteiger partial charge in [0.05, 0.1) is 5.69 Å². The summed E-state index contributed by atoms with van der Waals surface area (Å²) in [7, 11) is 1.75. The molecule has 110 valence electrons. The van der Waals surface area contributed by atoms with Gasteiger partial charge in [-0.2, -0.15) is 5.10 Å². The number of Topliss-reactive ketones (excluding diaryl/α,β-unsaturated/α-hetero) is 1. The predicted octanol–water partition coefficient (Wildman–Crippen LogP) is 1.95. The molecule has 1 aromatic heterocycles. The van der Waals surface area contributed by atoms with Crippen molar-refractivity contribution >= 4 is 17.5 Å². The van der Waals surface area contributed by atoms with Crippen LogP contribution in [0.25, 0.3) is 0 Å². The summed E-state index contributed by atoms with van der Waals surface area (Å²) in [6.07, 6.45) is 0. The largest absolute Gasteiger partial charge is 0.484 e. The fourth-order valence-corrected chi connectivity index (χ4v) is 1.86. The molecule has 0 unspecified atom stereocenters. The van der Waals surface area contributed by atoms with E-state index in [-0.39, 0.29) is 18.3 Å². The molecule has 6 nitrogen and oxygen atoms in total.